The fourth-order valence-corrected chi connectivity index (χ4v) is 31.1. The maximum absolute atomic E-state index is 2.73. The average Bonchev–Trinajstić information content (AvgIpc) is 4.11. The molecule has 2 aromatic heterocycles. The molecule has 2 nitrogen and oxygen atoms in total. The van der Waals surface area contributed by atoms with Crippen molar-refractivity contribution in [2.24, 2.45) is 11.8 Å². The third-order valence-electron chi connectivity index (χ3n) is 13.1. The first-order valence-corrected chi connectivity index (χ1v) is 29.0. The summed E-state index contributed by atoms with van der Waals surface area (Å²) >= 11 is -2.34. The zero-order valence-electron chi connectivity index (χ0n) is 31.6. The van der Waals surface area contributed by atoms with Crippen molar-refractivity contribution in [2.45, 2.75) is 46.0 Å². The van der Waals surface area contributed by atoms with Crippen LogP contribution in [0.2, 0.25) is 13.1 Å². The number of rotatable bonds is 6. The van der Waals surface area contributed by atoms with Crippen LogP contribution in [0, 0.1) is 11.8 Å². The first-order valence-electron chi connectivity index (χ1n) is 20.0. The number of aromatic nitrogens is 2. The summed E-state index contributed by atoms with van der Waals surface area (Å²) in [5.74, 6) is 1.51. The molecule has 6 aromatic carbocycles. The molecule has 2 atom stereocenters. The van der Waals surface area contributed by atoms with E-state index >= 15 is 0 Å². The zero-order chi connectivity index (χ0) is 35.7. The molecule has 0 N–H and O–H groups in total. The van der Waals surface area contributed by atoms with Crippen LogP contribution < -0.4 is 24.8 Å². The second-order valence-corrected chi connectivity index (χ2v) is 34.3. The minimum absolute atomic E-state index is 0. The van der Waals surface area contributed by atoms with Crippen molar-refractivity contribution in [1.29, 1.82) is 0 Å². The summed E-state index contributed by atoms with van der Waals surface area (Å²) in [4.78, 5) is 0. The summed E-state index contributed by atoms with van der Waals surface area (Å²) in [6, 6.07) is 50.8. The predicted molar refractivity (Wildman–Crippen MR) is 226 cm³/mol. The second-order valence-electron chi connectivity index (χ2n) is 16.5. The topological polar surface area (TPSA) is 9.86 Å². The maximum atomic E-state index is 2.73. The molecule has 0 aliphatic heterocycles. The van der Waals surface area contributed by atoms with E-state index in [9.17, 15) is 0 Å². The average molecular weight is 861 g/mol. The Balaban J connectivity index is 0.00000192. The smallest absolute Gasteiger partial charge is 1.00 e. The van der Waals surface area contributed by atoms with E-state index in [4.69, 9.17) is 0 Å². The van der Waals surface area contributed by atoms with Crippen LogP contribution in [0.25, 0.3) is 67.1 Å². The van der Waals surface area contributed by atoms with Crippen LogP contribution in [0.1, 0.15) is 55.2 Å². The van der Waals surface area contributed by atoms with Crippen LogP contribution in [-0.2, 0) is 20.4 Å². The van der Waals surface area contributed by atoms with E-state index in [1.165, 1.54) is 91.8 Å². The van der Waals surface area contributed by atoms with Gasteiger partial charge in [-0.05, 0) is 0 Å². The molecule has 6 heteroatoms. The van der Waals surface area contributed by atoms with Crippen molar-refractivity contribution in [3.8, 4) is 11.4 Å². The fraction of sp³-hybridized carbons (Fsp3) is 0.200. The molecule has 4 aliphatic rings. The molecule has 4 aliphatic carbocycles. The third-order valence-corrected chi connectivity index (χ3v) is 32.4. The Hall–Kier alpha value is -3.92. The number of hydrogen-bond acceptors (Lipinski definition) is 0. The van der Waals surface area contributed by atoms with E-state index in [1.54, 1.807) is 22.3 Å². The minimum atomic E-state index is -2.34. The predicted octanol–water partition coefficient (Wildman–Crippen LogP) is 7.15. The normalized spacial score (nSPS) is 18.2. The van der Waals surface area contributed by atoms with Gasteiger partial charge in [0.15, 0.2) is 0 Å². The molecule has 0 spiro atoms. The molecule has 0 bridgehead atoms. The summed E-state index contributed by atoms with van der Waals surface area (Å²) in [5, 5.41) is 5.37. The fourth-order valence-electron chi connectivity index (χ4n) is 10.6. The number of benzene rings is 6. The van der Waals surface area contributed by atoms with Crippen molar-refractivity contribution in [2.75, 3.05) is 0 Å². The molecule has 274 valence electrons. The summed E-state index contributed by atoms with van der Waals surface area (Å²) in [7, 11) is 0. The summed E-state index contributed by atoms with van der Waals surface area (Å²) in [6.45, 7) is 5.41. The van der Waals surface area contributed by atoms with Gasteiger partial charge in [-0.25, -0.2) is 0 Å². The molecule has 2 heterocycles. The number of nitrogens with zero attached hydrogens (tertiary/aromatic N) is 2. The standard InChI is InChI=1S/2C24H18N.C2H6Si.2ClH.Zr/c2*1-3-9-22-19(7-1)20-8-2-4-10-23(20)25(22)24-11-5-6-17-14-18(15-21(17)24)16-12-13-16;1-3-2;;;/h2*1-11,14-16H,12-13H2;1-2H3;2*1H;/q;;;;;+2/p-2. The van der Waals surface area contributed by atoms with Crippen LogP contribution in [0.3, 0.4) is 0 Å². The quantitative estimate of drug-likeness (QED) is 0.157. The Morgan fingerprint density at radius 2 is 0.786 bits per heavy atom. The monoisotopic (exact) mass is 858 g/mol. The molecular formula is C50H42Cl2N2SiZr. The van der Waals surface area contributed by atoms with Crippen molar-refractivity contribution in [3.05, 3.63) is 167 Å². The van der Waals surface area contributed by atoms with Gasteiger partial charge in [0.25, 0.3) is 0 Å². The molecule has 8 aromatic rings. The first-order chi connectivity index (χ1) is 26.7. The van der Waals surface area contributed by atoms with E-state index in [1.807, 2.05) is 0 Å². The molecule has 0 saturated heterocycles. The van der Waals surface area contributed by atoms with E-state index in [0.29, 0.717) is 7.25 Å². The second kappa shape index (κ2) is 13.9. The van der Waals surface area contributed by atoms with E-state index in [-0.39, 0.29) is 24.8 Å². The maximum Gasteiger partial charge on any atom is -1.00 e. The molecule has 0 amide bonds. The molecule has 2 unspecified atom stereocenters. The Morgan fingerprint density at radius 3 is 1.11 bits per heavy atom. The van der Waals surface area contributed by atoms with Gasteiger partial charge >= 0.3 is 327 Å². The number of para-hydroxylation sites is 4. The molecular weight excluding hydrogens is 819 g/mol. The van der Waals surface area contributed by atoms with Gasteiger partial charge in [-0.2, -0.15) is 0 Å². The number of hydrogen-bond donors (Lipinski definition) is 0. The Morgan fingerprint density at radius 1 is 0.446 bits per heavy atom. The van der Waals surface area contributed by atoms with Crippen LogP contribution in [0.4, 0.5) is 0 Å². The number of allylic oxidation sites excluding steroid dienone is 2. The van der Waals surface area contributed by atoms with Gasteiger partial charge < -0.3 is 24.8 Å². The Bertz CT molecular complexity index is 2700. The van der Waals surface area contributed by atoms with Gasteiger partial charge in [0.2, 0.25) is 0 Å². The minimum Gasteiger partial charge on any atom is -1.00 e. The molecule has 56 heavy (non-hydrogen) atoms. The van der Waals surface area contributed by atoms with Gasteiger partial charge in [-0.15, -0.1) is 0 Å². The van der Waals surface area contributed by atoms with Crippen molar-refractivity contribution < 1.29 is 45.2 Å². The number of halogens is 2. The van der Waals surface area contributed by atoms with Crippen molar-refractivity contribution >= 4 is 61.2 Å². The van der Waals surface area contributed by atoms with Gasteiger partial charge in [0, 0.05) is 0 Å². The van der Waals surface area contributed by atoms with Crippen LogP contribution in [-0.4, -0.2) is 14.6 Å². The molecule has 12 rings (SSSR count). The van der Waals surface area contributed by atoms with Gasteiger partial charge in [0.05, 0.1) is 0 Å². The zero-order valence-corrected chi connectivity index (χ0v) is 36.6. The molecule has 0 radical (unpaired) electrons. The van der Waals surface area contributed by atoms with Crippen LogP contribution in [0.5, 0.6) is 0 Å². The SMILES string of the molecule is C[Si](C)=[Zr+2]([CH]1C(C2CC2)=Cc2c1cccc2-n1c2ccccc2c2ccccc21)[CH]1C(C2CC2)=Cc2c1cccc2-n1c2ccccc2c2ccccc21.[Cl-].[Cl-]. The Kier molecular flexibility index (Phi) is 9.03. The van der Waals surface area contributed by atoms with E-state index in [0.717, 1.165) is 11.8 Å². The largest absolute Gasteiger partial charge is 1.00 e. The number of fused-ring (bicyclic) bond motifs is 8. The molecule has 2 saturated carbocycles. The first kappa shape index (κ1) is 36.4. The van der Waals surface area contributed by atoms with Gasteiger partial charge in [0.1, 0.15) is 0 Å². The molecule has 2 fully saturated rings. The van der Waals surface area contributed by atoms with Crippen LogP contribution >= 0.6 is 0 Å². The third kappa shape index (κ3) is 5.36. The Labute approximate surface area is 349 Å². The summed E-state index contributed by atoms with van der Waals surface area (Å²) in [6.07, 6.45) is 10.9. The van der Waals surface area contributed by atoms with E-state index in [2.05, 4.69) is 168 Å². The van der Waals surface area contributed by atoms with Crippen LogP contribution in [0.15, 0.2) is 145 Å². The van der Waals surface area contributed by atoms with Crippen molar-refractivity contribution in [1.82, 2.24) is 9.13 Å². The van der Waals surface area contributed by atoms with Gasteiger partial charge in [-0.3, -0.25) is 0 Å². The van der Waals surface area contributed by atoms with Gasteiger partial charge in [-0.1, -0.05) is 0 Å². The summed E-state index contributed by atoms with van der Waals surface area (Å²) in [5.41, 5.74) is 17.4. The van der Waals surface area contributed by atoms with E-state index < -0.39 is 25.8 Å². The summed E-state index contributed by atoms with van der Waals surface area (Å²) < 4.78 is 6.44. The van der Waals surface area contributed by atoms with Crippen molar-refractivity contribution in [3.63, 3.8) is 0 Å².